The van der Waals surface area contributed by atoms with Crippen LogP contribution in [-0.2, 0) is 25.2 Å². The third-order valence-electron chi connectivity index (χ3n) is 7.09. The number of aromatic amines is 1. The summed E-state index contributed by atoms with van der Waals surface area (Å²) >= 11 is 0. The average Bonchev–Trinajstić information content (AvgIpc) is 3.34. The third kappa shape index (κ3) is 8.15. The fourth-order valence-electron chi connectivity index (χ4n) is 5.01. The number of aromatic nitrogens is 2. The molecule has 1 saturated carbocycles. The van der Waals surface area contributed by atoms with Gasteiger partial charge in [-0.1, -0.05) is 38.0 Å². The second kappa shape index (κ2) is 13.2. The lowest BCUT2D eigenvalue weighted by Crippen LogP contribution is -2.34. The van der Waals surface area contributed by atoms with E-state index in [4.69, 9.17) is 13.8 Å². The van der Waals surface area contributed by atoms with E-state index in [1.54, 1.807) is 42.0 Å². The molecule has 0 aliphatic heterocycles. The van der Waals surface area contributed by atoms with Gasteiger partial charge in [0, 0.05) is 18.3 Å². The summed E-state index contributed by atoms with van der Waals surface area (Å²) in [7, 11) is -2.59. The van der Waals surface area contributed by atoms with Gasteiger partial charge in [-0.15, -0.1) is 0 Å². The van der Waals surface area contributed by atoms with Gasteiger partial charge in [-0.25, -0.2) is 9.36 Å². The van der Waals surface area contributed by atoms with Crippen LogP contribution in [0.25, 0.3) is 0 Å². The summed E-state index contributed by atoms with van der Waals surface area (Å²) in [5, 5.41) is 2.68. The summed E-state index contributed by atoms with van der Waals surface area (Å²) in [6.45, 7) is 6.13. The van der Waals surface area contributed by atoms with E-state index in [1.165, 1.54) is 14.0 Å². The van der Waals surface area contributed by atoms with Crippen molar-refractivity contribution in [2.75, 3.05) is 13.7 Å². The fraction of sp³-hybridized carbons (Fsp3) is 0.577. The van der Waals surface area contributed by atoms with Gasteiger partial charge in [-0.3, -0.25) is 19.1 Å². The van der Waals surface area contributed by atoms with Crippen LogP contribution < -0.4 is 20.9 Å². The maximum atomic E-state index is 13.5. The molecule has 2 aromatic rings. The highest BCUT2D eigenvalue weighted by atomic mass is 31.2. The van der Waals surface area contributed by atoms with Gasteiger partial charge in [-0.2, -0.15) is 5.09 Å². The molecule has 11 heteroatoms. The topological polar surface area (TPSA) is 129 Å². The van der Waals surface area contributed by atoms with Gasteiger partial charge in [0.1, 0.15) is 11.8 Å². The molecule has 10 nitrogen and oxygen atoms in total. The molecule has 2 N–H and O–H groups in total. The number of benzene rings is 1. The van der Waals surface area contributed by atoms with E-state index >= 15 is 0 Å². The van der Waals surface area contributed by atoms with E-state index in [1.807, 2.05) is 6.07 Å². The Morgan fingerprint density at radius 2 is 1.95 bits per heavy atom. The molecule has 0 spiro atoms. The van der Waals surface area contributed by atoms with Crippen LogP contribution in [0.2, 0.25) is 0 Å². The number of nitrogens with one attached hydrogen (secondary N) is 2. The van der Waals surface area contributed by atoms with Gasteiger partial charge in [0.15, 0.2) is 0 Å². The van der Waals surface area contributed by atoms with Crippen LogP contribution in [0.1, 0.15) is 51.5 Å². The molecule has 0 radical (unpaired) electrons. The van der Waals surface area contributed by atoms with Crippen molar-refractivity contribution in [2.24, 2.45) is 17.8 Å². The highest BCUT2D eigenvalue weighted by Gasteiger charge is 2.34. The molecule has 3 rings (SSSR count). The number of hydrogen-bond donors (Lipinski definition) is 2. The Morgan fingerprint density at radius 1 is 1.22 bits per heavy atom. The Kier molecular flexibility index (Phi) is 10.3. The largest absolute Gasteiger partial charge is 0.468 e. The number of hydrogen-bond acceptors (Lipinski definition) is 7. The minimum absolute atomic E-state index is 0.188. The molecule has 5 unspecified atom stereocenters. The Hall–Kier alpha value is -2.68. The summed E-state index contributed by atoms with van der Waals surface area (Å²) in [6.07, 6.45) is 6.41. The first-order chi connectivity index (χ1) is 17.6. The lowest BCUT2D eigenvalue weighted by molar-refractivity contribution is -0.142. The first-order valence-electron chi connectivity index (χ1n) is 12.8. The normalized spacial score (nSPS) is 20.6. The number of methoxy groups -OCH3 is 1. The molecule has 204 valence electrons. The fourth-order valence-corrected chi connectivity index (χ4v) is 6.52. The Balaban J connectivity index is 1.58. The highest BCUT2D eigenvalue weighted by molar-refractivity contribution is 7.52. The zero-order chi connectivity index (χ0) is 27.0. The summed E-state index contributed by atoms with van der Waals surface area (Å²) in [4.78, 5) is 38.0. The molecular formula is C26H38N3O7P. The Labute approximate surface area is 217 Å². The second-order valence-corrected chi connectivity index (χ2v) is 11.5. The number of rotatable bonds is 13. The third-order valence-corrected chi connectivity index (χ3v) is 8.77. The monoisotopic (exact) mass is 535 g/mol. The predicted octanol–water partition coefficient (Wildman–Crippen LogP) is 4.03. The van der Waals surface area contributed by atoms with Crippen LogP contribution >= 0.6 is 7.75 Å². The van der Waals surface area contributed by atoms with Crippen LogP contribution in [0.4, 0.5) is 0 Å². The van der Waals surface area contributed by atoms with Crippen molar-refractivity contribution in [3.63, 3.8) is 0 Å². The van der Waals surface area contributed by atoms with E-state index in [9.17, 15) is 18.9 Å². The number of aryl methyl sites for hydroxylation is 2. The van der Waals surface area contributed by atoms with Gasteiger partial charge in [0.25, 0.3) is 5.56 Å². The van der Waals surface area contributed by atoms with Crippen molar-refractivity contribution in [1.82, 2.24) is 14.6 Å². The van der Waals surface area contributed by atoms with Gasteiger partial charge < -0.3 is 13.8 Å². The van der Waals surface area contributed by atoms with Crippen LogP contribution in [0.3, 0.4) is 0 Å². The predicted molar refractivity (Wildman–Crippen MR) is 141 cm³/mol. The summed E-state index contributed by atoms with van der Waals surface area (Å²) in [5.74, 6) is 0.981. The van der Waals surface area contributed by atoms with Crippen molar-refractivity contribution in [2.45, 2.75) is 65.5 Å². The summed E-state index contributed by atoms with van der Waals surface area (Å²) < 4.78 is 31.2. The molecule has 1 heterocycles. The lowest BCUT2D eigenvalue weighted by Gasteiger charge is -2.27. The molecule has 0 saturated heterocycles. The molecule has 0 bridgehead atoms. The maximum absolute atomic E-state index is 13.5. The number of nitrogens with zero attached hydrogens (tertiary/aromatic N) is 1. The average molecular weight is 536 g/mol. The van der Waals surface area contributed by atoms with E-state index in [0.29, 0.717) is 42.0 Å². The van der Waals surface area contributed by atoms with Crippen LogP contribution in [0.5, 0.6) is 5.75 Å². The first-order valence-corrected chi connectivity index (χ1v) is 14.3. The van der Waals surface area contributed by atoms with Crippen molar-refractivity contribution < 1.29 is 23.1 Å². The van der Waals surface area contributed by atoms with Crippen LogP contribution in [0.15, 0.2) is 46.1 Å². The van der Waals surface area contributed by atoms with E-state index < -0.39 is 19.8 Å². The van der Waals surface area contributed by atoms with Crippen molar-refractivity contribution >= 4 is 13.7 Å². The molecule has 1 aliphatic rings. The van der Waals surface area contributed by atoms with E-state index in [0.717, 1.165) is 25.7 Å². The van der Waals surface area contributed by atoms with Crippen LogP contribution in [-0.4, -0.2) is 35.3 Å². The zero-order valence-electron chi connectivity index (χ0n) is 22.0. The number of carbonyl (C=O) groups is 1. The standard InChI is InChI=1S/C26H38N3O7P/c1-18(23-12-8-9-21(23)13-15-29-17-19(2)24(30)27-26(29)32)14-16-35-37(33,28-20(3)25(31)34-4)36-22-10-6-5-7-11-22/h5-7,10-11,17-18,20-21,23H,8-9,12-16H2,1-4H3,(H,28,33)(H,27,30,32). The molecule has 1 aliphatic carbocycles. The second-order valence-electron chi connectivity index (χ2n) is 9.78. The molecule has 0 amide bonds. The van der Waals surface area contributed by atoms with E-state index in [2.05, 4.69) is 17.0 Å². The molecule has 1 aromatic heterocycles. The minimum atomic E-state index is -3.85. The smallest absolute Gasteiger partial charge is 0.459 e. The first kappa shape index (κ1) is 28.9. The molecule has 1 fully saturated rings. The maximum Gasteiger partial charge on any atom is 0.459 e. The molecule has 5 atom stereocenters. The molecule has 1 aromatic carbocycles. The van der Waals surface area contributed by atoms with Gasteiger partial charge in [0.05, 0.1) is 13.7 Å². The molecule has 37 heavy (non-hydrogen) atoms. The van der Waals surface area contributed by atoms with Crippen molar-refractivity contribution in [1.29, 1.82) is 0 Å². The summed E-state index contributed by atoms with van der Waals surface area (Å²) in [5.41, 5.74) is -0.211. The van der Waals surface area contributed by atoms with Crippen LogP contribution in [0, 0.1) is 24.7 Å². The number of para-hydroxylation sites is 1. The van der Waals surface area contributed by atoms with Gasteiger partial charge >= 0.3 is 19.4 Å². The number of ether oxygens (including phenoxy) is 1. The van der Waals surface area contributed by atoms with Gasteiger partial charge in [0.2, 0.25) is 0 Å². The lowest BCUT2D eigenvalue weighted by atomic mass is 9.82. The quantitative estimate of drug-likeness (QED) is 0.291. The van der Waals surface area contributed by atoms with E-state index in [-0.39, 0.29) is 17.9 Å². The van der Waals surface area contributed by atoms with Gasteiger partial charge in [-0.05, 0) is 63.0 Å². The minimum Gasteiger partial charge on any atom is -0.468 e. The Bertz CT molecular complexity index is 1200. The number of esters is 1. The zero-order valence-corrected chi connectivity index (χ0v) is 22.9. The highest BCUT2D eigenvalue weighted by Crippen LogP contribution is 2.46. The SMILES string of the molecule is COC(=O)C(C)NP(=O)(OCCC(C)C1CCCC1CCn1cc(C)c(=O)[nH]c1=O)Oc1ccccc1. The van der Waals surface area contributed by atoms with Crippen molar-refractivity contribution in [3.05, 3.63) is 62.9 Å². The molecular weight excluding hydrogens is 497 g/mol. The summed E-state index contributed by atoms with van der Waals surface area (Å²) in [6, 6.07) is 7.79. The number of H-pyrrole nitrogens is 1. The number of carbonyl (C=O) groups excluding carboxylic acids is 1. The van der Waals surface area contributed by atoms with Crippen molar-refractivity contribution in [3.8, 4) is 5.75 Å². The Morgan fingerprint density at radius 3 is 2.65 bits per heavy atom.